The number of nitrogens with one attached hydrogen (secondary N) is 2. The fourth-order valence-corrected chi connectivity index (χ4v) is 2.61. The van der Waals surface area contributed by atoms with Gasteiger partial charge in [0.25, 0.3) is 0 Å². The Labute approximate surface area is 139 Å². The summed E-state index contributed by atoms with van der Waals surface area (Å²) in [5.41, 5.74) is 4.10. The van der Waals surface area contributed by atoms with Gasteiger partial charge in [-0.25, -0.2) is 9.97 Å². The van der Waals surface area contributed by atoms with Crippen LogP contribution in [0.4, 0.5) is 11.6 Å². The molecule has 0 radical (unpaired) electrons. The summed E-state index contributed by atoms with van der Waals surface area (Å²) in [6, 6.07) is 18.1. The Morgan fingerprint density at radius 2 is 1.71 bits per heavy atom. The average molecular weight is 315 g/mol. The number of aromatic nitrogens is 4. The van der Waals surface area contributed by atoms with E-state index in [9.17, 15) is 0 Å². The van der Waals surface area contributed by atoms with Crippen LogP contribution in [0.25, 0.3) is 22.3 Å². The van der Waals surface area contributed by atoms with Gasteiger partial charge in [-0.3, -0.25) is 5.10 Å². The SMILES string of the molecule is Cc1ccc(-c2nc(Nc3cc(C)[nH]n3)c3ccccc3n2)cc1. The van der Waals surface area contributed by atoms with Crippen LogP contribution in [-0.4, -0.2) is 20.2 Å². The first-order chi connectivity index (χ1) is 11.7. The van der Waals surface area contributed by atoms with Crippen molar-refractivity contribution < 1.29 is 0 Å². The van der Waals surface area contributed by atoms with Crippen LogP contribution >= 0.6 is 0 Å². The fourth-order valence-electron chi connectivity index (χ4n) is 2.61. The molecule has 5 heteroatoms. The molecule has 4 rings (SSSR count). The number of para-hydroxylation sites is 1. The number of hydrogen-bond acceptors (Lipinski definition) is 4. The van der Waals surface area contributed by atoms with Crippen molar-refractivity contribution in [1.82, 2.24) is 20.2 Å². The molecule has 0 bridgehead atoms. The molecule has 2 aromatic heterocycles. The van der Waals surface area contributed by atoms with Crippen LogP contribution in [0.5, 0.6) is 0 Å². The summed E-state index contributed by atoms with van der Waals surface area (Å²) in [4.78, 5) is 9.43. The number of anilines is 2. The van der Waals surface area contributed by atoms with E-state index in [0.717, 1.165) is 33.8 Å². The van der Waals surface area contributed by atoms with Crippen LogP contribution in [0.15, 0.2) is 54.6 Å². The summed E-state index contributed by atoms with van der Waals surface area (Å²) in [6.45, 7) is 4.03. The molecule has 2 N–H and O–H groups in total. The lowest BCUT2D eigenvalue weighted by Gasteiger charge is -2.09. The minimum atomic E-state index is 0.698. The third-order valence-electron chi connectivity index (χ3n) is 3.87. The van der Waals surface area contributed by atoms with E-state index in [1.807, 2.05) is 49.4 Å². The fraction of sp³-hybridized carbons (Fsp3) is 0.105. The van der Waals surface area contributed by atoms with Crippen LogP contribution in [0, 0.1) is 13.8 Å². The van der Waals surface area contributed by atoms with Crippen molar-refractivity contribution in [2.45, 2.75) is 13.8 Å². The normalized spacial score (nSPS) is 10.9. The van der Waals surface area contributed by atoms with Gasteiger partial charge >= 0.3 is 0 Å². The zero-order valence-corrected chi connectivity index (χ0v) is 13.5. The average Bonchev–Trinajstić information content (AvgIpc) is 3.00. The molecule has 4 aromatic rings. The minimum Gasteiger partial charge on any atom is -0.323 e. The number of H-pyrrole nitrogens is 1. The van der Waals surface area contributed by atoms with Crippen molar-refractivity contribution in [3.05, 3.63) is 65.9 Å². The first kappa shape index (κ1) is 14.4. The van der Waals surface area contributed by atoms with Crippen molar-refractivity contribution in [3.63, 3.8) is 0 Å². The molecule has 0 aliphatic heterocycles. The summed E-state index contributed by atoms with van der Waals surface area (Å²) >= 11 is 0. The van der Waals surface area contributed by atoms with Gasteiger partial charge in [-0.2, -0.15) is 5.10 Å². The molecule has 0 saturated heterocycles. The van der Waals surface area contributed by atoms with Gasteiger partial charge in [0.05, 0.1) is 5.52 Å². The van der Waals surface area contributed by atoms with Crippen LogP contribution in [0.1, 0.15) is 11.3 Å². The first-order valence-corrected chi connectivity index (χ1v) is 7.82. The maximum atomic E-state index is 4.73. The van der Waals surface area contributed by atoms with Crippen LogP contribution in [-0.2, 0) is 0 Å². The van der Waals surface area contributed by atoms with Crippen molar-refractivity contribution >= 4 is 22.5 Å². The summed E-state index contributed by atoms with van der Waals surface area (Å²) < 4.78 is 0. The molecular weight excluding hydrogens is 298 g/mol. The third-order valence-corrected chi connectivity index (χ3v) is 3.87. The van der Waals surface area contributed by atoms with Gasteiger partial charge in [0, 0.05) is 22.7 Å². The number of nitrogens with zero attached hydrogens (tertiary/aromatic N) is 3. The maximum absolute atomic E-state index is 4.73. The summed E-state index contributed by atoms with van der Waals surface area (Å²) in [6.07, 6.45) is 0. The Morgan fingerprint density at radius 1 is 0.917 bits per heavy atom. The quantitative estimate of drug-likeness (QED) is 0.589. The van der Waals surface area contributed by atoms with Crippen molar-refractivity contribution in [3.8, 4) is 11.4 Å². The molecular formula is C19H17N5. The van der Waals surface area contributed by atoms with Gasteiger partial charge < -0.3 is 5.32 Å². The molecule has 2 heterocycles. The highest BCUT2D eigenvalue weighted by Crippen LogP contribution is 2.27. The predicted molar refractivity (Wildman–Crippen MR) is 96.3 cm³/mol. The molecule has 0 unspecified atom stereocenters. The second-order valence-corrected chi connectivity index (χ2v) is 5.84. The van der Waals surface area contributed by atoms with E-state index in [1.54, 1.807) is 0 Å². The molecule has 0 aliphatic carbocycles. The Balaban J connectivity index is 1.85. The summed E-state index contributed by atoms with van der Waals surface area (Å²) in [7, 11) is 0. The van der Waals surface area contributed by atoms with E-state index in [-0.39, 0.29) is 0 Å². The van der Waals surface area contributed by atoms with Gasteiger partial charge in [0.15, 0.2) is 11.6 Å². The van der Waals surface area contributed by atoms with Gasteiger partial charge in [-0.05, 0) is 26.0 Å². The van der Waals surface area contributed by atoms with E-state index in [2.05, 4.69) is 34.6 Å². The van der Waals surface area contributed by atoms with Gasteiger partial charge in [-0.1, -0.05) is 42.0 Å². The lowest BCUT2D eigenvalue weighted by molar-refractivity contribution is 1.05. The summed E-state index contributed by atoms with van der Waals surface area (Å²) in [5.74, 6) is 2.19. The third kappa shape index (κ3) is 2.72. The van der Waals surface area contributed by atoms with Gasteiger partial charge in [0.2, 0.25) is 0 Å². The highest BCUT2D eigenvalue weighted by Gasteiger charge is 2.10. The maximum Gasteiger partial charge on any atom is 0.162 e. The molecule has 0 fully saturated rings. The highest BCUT2D eigenvalue weighted by atomic mass is 15.2. The minimum absolute atomic E-state index is 0.698. The van der Waals surface area contributed by atoms with Gasteiger partial charge in [0.1, 0.15) is 5.82 Å². The van der Waals surface area contributed by atoms with E-state index >= 15 is 0 Å². The number of fused-ring (bicyclic) bond motifs is 1. The molecule has 24 heavy (non-hydrogen) atoms. The van der Waals surface area contributed by atoms with Crippen LogP contribution in [0.3, 0.4) is 0 Å². The number of aromatic amines is 1. The highest BCUT2D eigenvalue weighted by molar-refractivity contribution is 5.91. The number of benzene rings is 2. The molecule has 0 aliphatic rings. The Bertz CT molecular complexity index is 1000. The molecule has 0 spiro atoms. The topological polar surface area (TPSA) is 66.5 Å². The van der Waals surface area contributed by atoms with E-state index < -0.39 is 0 Å². The Kier molecular flexibility index (Phi) is 3.46. The second-order valence-electron chi connectivity index (χ2n) is 5.84. The number of rotatable bonds is 3. The summed E-state index contributed by atoms with van der Waals surface area (Å²) in [5, 5.41) is 11.4. The van der Waals surface area contributed by atoms with Crippen molar-refractivity contribution in [2.75, 3.05) is 5.32 Å². The van der Waals surface area contributed by atoms with Crippen LogP contribution in [0.2, 0.25) is 0 Å². The van der Waals surface area contributed by atoms with E-state index in [4.69, 9.17) is 9.97 Å². The van der Waals surface area contributed by atoms with Gasteiger partial charge in [-0.15, -0.1) is 0 Å². The van der Waals surface area contributed by atoms with Crippen molar-refractivity contribution in [1.29, 1.82) is 0 Å². The lowest BCUT2D eigenvalue weighted by atomic mass is 10.1. The molecule has 0 amide bonds. The largest absolute Gasteiger partial charge is 0.323 e. The zero-order valence-electron chi connectivity index (χ0n) is 13.5. The van der Waals surface area contributed by atoms with Crippen LogP contribution < -0.4 is 5.32 Å². The van der Waals surface area contributed by atoms with E-state index in [1.165, 1.54) is 5.56 Å². The first-order valence-electron chi connectivity index (χ1n) is 7.82. The van der Waals surface area contributed by atoms with E-state index in [0.29, 0.717) is 5.82 Å². The Morgan fingerprint density at radius 3 is 2.46 bits per heavy atom. The molecule has 2 aromatic carbocycles. The second kappa shape index (κ2) is 5.77. The number of hydrogen-bond donors (Lipinski definition) is 2. The predicted octanol–water partition coefficient (Wildman–Crippen LogP) is 4.38. The molecule has 0 atom stereocenters. The zero-order chi connectivity index (χ0) is 16.5. The monoisotopic (exact) mass is 315 g/mol. The standard InChI is InChI=1S/C19H17N5/c1-12-7-9-14(10-8-12)18-20-16-6-4-3-5-15(16)19(22-18)21-17-11-13(2)23-24-17/h3-11H,1-2H3,(H2,20,21,22,23,24). The van der Waals surface area contributed by atoms with Crippen molar-refractivity contribution in [2.24, 2.45) is 0 Å². The smallest absolute Gasteiger partial charge is 0.162 e. The molecule has 118 valence electrons. The molecule has 0 saturated carbocycles. The lowest BCUT2D eigenvalue weighted by Crippen LogP contribution is -1.99. The number of aryl methyl sites for hydroxylation is 2. The Hall–Kier alpha value is -3.21. The molecule has 5 nitrogen and oxygen atoms in total.